The van der Waals surface area contributed by atoms with Crippen LogP contribution in [0.1, 0.15) is 76.7 Å². The van der Waals surface area contributed by atoms with Crippen molar-refractivity contribution in [1.29, 1.82) is 0 Å². The molecule has 7 heteroatoms. The number of likely N-dealkylation sites (N-methyl/N-ethyl adjacent to an activating group) is 1. The van der Waals surface area contributed by atoms with Crippen LogP contribution < -0.4 is 5.32 Å². The van der Waals surface area contributed by atoms with Gasteiger partial charge in [0.2, 0.25) is 0 Å². The first kappa shape index (κ1) is 29.2. The number of hydrogen-bond acceptors (Lipinski definition) is 5. The first-order valence-electron chi connectivity index (χ1n) is 15.8. The second-order valence-electron chi connectivity index (χ2n) is 13.3. The number of amides is 1. The second-order valence-corrected chi connectivity index (χ2v) is 13.3. The largest absolute Gasteiger partial charge is 0.444 e. The molecule has 2 saturated heterocycles. The van der Waals surface area contributed by atoms with Crippen LogP contribution in [0.3, 0.4) is 0 Å². The van der Waals surface area contributed by atoms with Gasteiger partial charge in [-0.2, -0.15) is 0 Å². The monoisotopic (exact) mass is 579 g/mol. The zero-order chi connectivity index (χ0) is 30.1. The van der Waals surface area contributed by atoms with Gasteiger partial charge >= 0.3 is 6.09 Å². The van der Waals surface area contributed by atoms with Gasteiger partial charge in [0.25, 0.3) is 0 Å². The lowest BCUT2D eigenvalue weighted by Crippen LogP contribution is -2.42. The van der Waals surface area contributed by atoms with Gasteiger partial charge in [-0.25, -0.2) is 9.78 Å². The van der Waals surface area contributed by atoms with E-state index in [-0.39, 0.29) is 12.1 Å². The maximum Gasteiger partial charge on any atom is 0.410 e. The van der Waals surface area contributed by atoms with Gasteiger partial charge in [-0.15, -0.1) is 6.58 Å². The van der Waals surface area contributed by atoms with Crippen molar-refractivity contribution in [3.63, 3.8) is 0 Å². The van der Waals surface area contributed by atoms with Gasteiger partial charge in [-0.3, -0.25) is 4.90 Å². The molecule has 0 spiro atoms. The SMILES string of the molecule is C=CCC1=C(c2ccc(-c3ccc(-c4cnc([C@@H]5CCCN5C(=O)OC(C)(C)C)[nH]4)cc3)cc2)CC([C@@H]2CCCN2C)N1. The standard InChI is InChI=1S/C36H45N5O2/c1-6-9-29-28(22-30(38-29)32-10-7-20-40(32)5)26-16-12-24(13-17-26)25-14-18-27(19-15-25)31-23-37-34(39-31)33-11-8-21-41(33)35(42)43-36(2,3)4/h6,12-19,23,30,32-33,38H,1,7-11,20-22H2,2-5H3,(H,37,39)/t30?,32-,33-/m0/s1. The number of rotatable bonds is 7. The van der Waals surface area contributed by atoms with Crippen LogP contribution in [-0.2, 0) is 4.74 Å². The molecule has 3 atom stereocenters. The van der Waals surface area contributed by atoms with E-state index in [0.717, 1.165) is 42.8 Å². The summed E-state index contributed by atoms with van der Waals surface area (Å²) in [5.41, 5.74) is 7.92. The van der Waals surface area contributed by atoms with Gasteiger partial charge in [0.1, 0.15) is 11.4 Å². The third-order valence-electron chi connectivity index (χ3n) is 9.09. The fraction of sp³-hybridized carbons (Fsp3) is 0.444. The highest BCUT2D eigenvalue weighted by Crippen LogP contribution is 2.36. The minimum absolute atomic E-state index is 0.0899. The zero-order valence-corrected chi connectivity index (χ0v) is 26.0. The van der Waals surface area contributed by atoms with Crippen LogP contribution in [0.2, 0.25) is 0 Å². The van der Waals surface area contributed by atoms with E-state index in [4.69, 9.17) is 4.74 Å². The lowest BCUT2D eigenvalue weighted by Gasteiger charge is -2.27. The van der Waals surface area contributed by atoms with Crippen LogP contribution >= 0.6 is 0 Å². The molecule has 7 nitrogen and oxygen atoms in total. The summed E-state index contributed by atoms with van der Waals surface area (Å²) in [4.78, 5) is 25.2. The number of ether oxygens (including phenoxy) is 1. The van der Waals surface area contributed by atoms with Gasteiger partial charge < -0.3 is 19.9 Å². The van der Waals surface area contributed by atoms with Crippen LogP contribution in [0.4, 0.5) is 4.79 Å². The van der Waals surface area contributed by atoms with Gasteiger partial charge in [0, 0.05) is 30.7 Å². The molecule has 0 aliphatic carbocycles. The number of benzene rings is 2. The molecular formula is C36H45N5O2. The Balaban J connectivity index is 1.14. The predicted octanol–water partition coefficient (Wildman–Crippen LogP) is 7.56. The number of carbonyl (C=O) groups excluding carboxylic acids is 1. The molecule has 2 fully saturated rings. The molecule has 0 saturated carbocycles. The van der Waals surface area contributed by atoms with Crippen molar-refractivity contribution in [2.24, 2.45) is 0 Å². The number of allylic oxidation sites excluding steroid dienone is 1. The number of H-pyrrole nitrogens is 1. The third-order valence-corrected chi connectivity index (χ3v) is 9.09. The summed E-state index contributed by atoms with van der Waals surface area (Å²) in [5, 5.41) is 3.85. The van der Waals surface area contributed by atoms with Crippen LogP contribution in [0, 0.1) is 0 Å². The molecule has 2 N–H and O–H groups in total. The Hall–Kier alpha value is -3.84. The van der Waals surface area contributed by atoms with Gasteiger partial charge in [-0.05, 0) is 94.3 Å². The van der Waals surface area contributed by atoms with Crippen molar-refractivity contribution in [2.45, 2.75) is 83.0 Å². The quantitative estimate of drug-likeness (QED) is 0.283. The predicted molar refractivity (Wildman–Crippen MR) is 173 cm³/mol. The van der Waals surface area contributed by atoms with E-state index >= 15 is 0 Å². The van der Waals surface area contributed by atoms with Crippen LogP contribution in [0.5, 0.6) is 0 Å². The van der Waals surface area contributed by atoms with Crippen LogP contribution in [0.25, 0.3) is 28.0 Å². The highest BCUT2D eigenvalue weighted by atomic mass is 16.6. The molecule has 1 aromatic heterocycles. The molecule has 226 valence electrons. The van der Waals surface area contributed by atoms with E-state index in [1.165, 1.54) is 47.3 Å². The third kappa shape index (κ3) is 6.28. The molecule has 2 aromatic carbocycles. The summed E-state index contributed by atoms with van der Waals surface area (Å²) < 4.78 is 5.64. The Morgan fingerprint density at radius 1 is 1.00 bits per heavy atom. The van der Waals surface area contributed by atoms with Gasteiger partial charge in [-0.1, -0.05) is 54.6 Å². The lowest BCUT2D eigenvalue weighted by molar-refractivity contribution is 0.0218. The molecule has 6 rings (SSSR count). The molecule has 1 unspecified atom stereocenters. The summed E-state index contributed by atoms with van der Waals surface area (Å²) in [5.74, 6) is 0.811. The van der Waals surface area contributed by atoms with E-state index in [1.807, 2.05) is 33.0 Å². The van der Waals surface area contributed by atoms with Crippen LogP contribution in [-0.4, -0.2) is 63.7 Å². The Bertz CT molecular complexity index is 1480. The molecule has 4 heterocycles. The van der Waals surface area contributed by atoms with Crippen molar-refractivity contribution in [2.75, 3.05) is 20.1 Å². The fourth-order valence-corrected chi connectivity index (χ4v) is 6.95. The van der Waals surface area contributed by atoms with E-state index in [9.17, 15) is 4.79 Å². The number of hydrogen-bond donors (Lipinski definition) is 2. The van der Waals surface area contributed by atoms with Gasteiger partial charge in [0.05, 0.1) is 17.9 Å². The Kier molecular flexibility index (Phi) is 8.19. The summed E-state index contributed by atoms with van der Waals surface area (Å²) in [6.45, 7) is 11.6. The van der Waals surface area contributed by atoms with Crippen molar-refractivity contribution < 1.29 is 9.53 Å². The first-order valence-corrected chi connectivity index (χ1v) is 15.8. The topological polar surface area (TPSA) is 73.5 Å². The van der Waals surface area contributed by atoms with E-state index < -0.39 is 5.60 Å². The number of aromatic amines is 1. The van der Waals surface area contributed by atoms with Gasteiger partial charge in [0.15, 0.2) is 0 Å². The van der Waals surface area contributed by atoms with E-state index in [0.29, 0.717) is 18.6 Å². The summed E-state index contributed by atoms with van der Waals surface area (Å²) in [6, 6.07) is 18.6. The minimum Gasteiger partial charge on any atom is -0.444 e. The molecule has 43 heavy (non-hydrogen) atoms. The smallest absolute Gasteiger partial charge is 0.410 e. The summed E-state index contributed by atoms with van der Waals surface area (Å²) in [6.07, 6.45) is 9.91. The minimum atomic E-state index is -0.518. The summed E-state index contributed by atoms with van der Waals surface area (Å²) in [7, 11) is 2.26. The zero-order valence-electron chi connectivity index (χ0n) is 26.0. The first-order chi connectivity index (χ1) is 20.7. The highest BCUT2D eigenvalue weighted by Gasteiger charge is 2.36. The number of imidazole rings is 1. The van der Waals surface area contributed by atoms with Crippen molar-refractivity contribution in [1.82, 2.24) is 25.1 Å². The van der Waals surface area contributed by atoms with Crippen molar-refractivity contribution in [3.05, 3.63) is 84.5 Å². The average molecular weight is 580 g/mol. The number of carbonyl (C=O) groups is 1. The Labute approximate surface area is 256 Å². The molecule has 1 amide bonds. The highest BCUT2D eigenvalue weighted by molar-refractivity contribution is 5.75. The lowest BCUT2D eigenvalue weighted by atomic mass is 9.94. The molecule has 0 bridgehead atoms. The molecular weight excluding hydrogens is 534 g/mol. The molecule has 3 aliphatic heterocycles. The maximum atomic E-state index is 12.8. The summed E-state index contributed by atoms with van der Waals surface area (Å²) >= 11 is 0. The Morgan fingerprint density at radius 2 is 1.65 bits per heavy atom. The van der Waals surface area contributed by atoms with Crippen LogP contribution in [0.15, 0.2) is 73.1 Å². The fourth-order valence-electron chi connectivity index (χ4n) is 6.95. The van der Waals surface area contributed by atoms with Crippen molar-refractivity contribution in [3.8, 4) is 22.4 Å². The van der Waals surface area contributed by atoms with Crippen molar-refractivity contribution >= 4 is 11.7 Å². The van der Waals surface area contributed by atoms with E-state index in [2.05, 4.69) is 82.3 Å². The average Bonchev–Trinajstić information content (AvgIpc) is 3.79. The number of likely N-dealkylation sites (tertiary alicyclic amines) is 2. The Morgan fingerprint density at radius 3 is 2.28 bits per heavy atom. The van der Waals surface area contributed by atoms with E-state index in [1.54, 1.807) is 4.90 Å². The number of nitrogens with one attached hydrogen (secondary N) is 2. The molecule has 0 radical (unpaired) electrons. The molecule has 3 aromatic rings. The molecule has 3 aliphatic rings. The maximum absolute atomic E-state index is 12.8. The normalized spacial score (nSPS) is 22.7. The number of aromatic nitrogens is 2. The number of nitrogens with zero attached hydrogens (tertiary/aromatic N) is 3. The second kappa shape index (κ2) is 12.0.